The van der Waals surface area contributed by atoms with Crippen LogP contribution in [-0.2, 0) is 0 Å². The summed E-state index contributed by atoms with van der Waals surface area (Å²) in [5, 5.41) is 9.43. The smallest absolute Gasteiger partial charge is 0.393 e. The summed E-state index contributed by atoms with van der Waals surface area (Å²) in [4.78, 5) is 1.62. The van der Waals surface area contributed by atoms with Crippen molar-refractivity contribution >= 4 is 5.69 Å². The van der Waals surface area contributed by atoms with Crippen LogP contribution in [0.15, 0.2) is 48.5 Å². The fourth-order valence-corrected chi connectivity index (χ4v) is 3.15. The second-order valence-electron chi connectivity index (χ2n) is 6.32. The number of rotatable bonds is 4. The molecule has 0 spiro atoms. The first-order valence-electron chi connectivity index (χ1n) is 8.16. The maximum Gasteiger partial charge on any atom is 0.393 e. The second-order valence-corrected chi connectivity index (χ2v) is 6.32. The molecule has 3 rings (SSSR count). The third kappa shape index (κ3) is 3.90. The van der Waals surface area contributed by atoms with Crippen molar-refractivity contribution in [3.05, 3.63) is 54.1 Å². The van der Waals surface area contributed by atoms with Gasteiger partial charge in [0.1, 0.15) is 11.5 Å². The van der Waals surface area contributed by atoms with Crippen LogP contribution in [-0.4, -0.2) is 30.5 Å². The van der Waals surface area contributed by atoms with Crippen molar-refractivity contribution in [2.45, 2.75) is 25.6 Å². The van der Waals surface area contributed by atoms with Crippen molar-refractivity contribution in [2.75, 3.05) is 18.1 Å². The highest BCUT2D eigenvalue weighted by Crippen LogP contribution is 2.39. The Hall–Kier alpha value is -2.21. The monoisotopic (exact) mass is 351 g/mol. The number of aliphatic hydroxyl groups is 1. The summed E-state index contributed by atoms with van der Waals surface area (Å²) in [5.74, 6) is -0.0560. The number of hydrogen-bond donors (Lipinski definition) is 1. The van der Waals surface area contributed by atoms with Gasteiger partial charge in [0.05, 0.1) is 18.6 Å². The molecule has 6 heteroatoms. The van der Waals surface area contributed by atoms with Crippen molar-refractivity contribution in [3.63, 3.8) is 0 Å². The van der Waals surface area contributed by atoms with Gasteiger partial charge in [-0.25, -0.2) is 0 Å². The Bertz CT molecular complexity index is 715. The van der Waals surface area contributed by atoms with E-state index in [1.165, 1.54) is 0 Å². The highest BCUT2D eigenvalue weighted by Gasteiger charge is 2.47. The Balaban J connectivity index is 1.74. The molecule has 3 nitrogen and oxygen atoms in total. The van der Waals surface area contributed by atoms with E-state index in [1.54, 1.807) is 29.2 Å². The van der Waals surface area contributed by atoms with Crippen LogP contribution in [0.5, 0.6) is 11.5 Å². The van der Waals surface area contributed by atoms with Crippen LogP contribution < -0.4 is 9.64 Å². The highest BCUT2D eigenvalue weighted by atomic mass is 19.4. The number of alkyl halides is 3. The fraction of sp³-hybridized carbons (Fsp3) is 0.368. The van der Waals surface area contributed by atoms with E-state index in [4.69, 9.17) is 4.74 Å². The number of nitrogens with zero attached hydrogens (tertiary/aromatic N) is 1. The van der Waals surface area contributed by atoms with E-state index in [0.29, 0.717) is 11.4 Å². The minimum Gasteiger partial charge on any atom is -0.457 e. The summed E-state index contributed by atoms with van der Waals surface area (Å²) in [7, 11) is 0. The number of aryl methyl sites for hydroxylation is 1. The van der Waals surface area contributed by atoms with Crippen LogP contribution in [0, 0.1) is 12.8 Å². The average Bonchev–Trinajstić information content (AvgIpc) is 3.02. The zero-order valence-corrected chi connectivity index (χ0v) is 13.8. The van der Waals surface area contributed by atoms with E-state index in [0.717, 1.165) is 11.3 Å². The number of aliphatic hydroxyl groups excluding tert-OH is 1. The molecule has 2 atom stereocenters. The van der Waals surface area contributed by atoms with Crippen LogP contribution in [0.3, 0.4) is 0 Å². The lowest BCUT2D eigenvalue weighted by atomic mass is 10.1. The lowest BCUT2D eigenvalue weighted by Gasteiger charge is -2.25. The number of halogens is 3. The van der Waals surface area contributed by atoms with Crippen molar-refractivity contribution in [1.29, 1.82) is 0 Å². The van der Waals surface area contributed by atoms with Gasteiger partial charge < -0.3 is 14.7 Å². The van der Waals surface area contributed by atoms with Crippen molar-refractivity contribution in [1.82, 2.24) is 0 Å². The molecular formula is C19H20F3NO2. The number of ether oxygens (including phenoxy) is 1. The molecule has 0 saturated carbocycles. The molecular weight excluding hydrogens is 331 g/mol. The van der Waals surface area contributed by atoms with Crippen LogP contribution in [0.4, 0.5) is 18.9 Å². The van der Waals surface area contributed by atoms with Gasteiger partial charge >= 0.3 is 6.18 Å². The molecule has 2 aromatic rings. The summed E-state index contributed by atoms with van der Waals surface area (Å²) in [6, 6.07) is 14.0. The van der Waals surface area contributed by atoms with Crippen molar-refractivity contribution < 1.29 is 23.0 Å². The van der Waals surface area contributed by atoms with E-state index < -0.39 is 18.1 Å². The van der Waals surface area contributed by atoms with Crippen LogP contribution in [0.25, 0.3) is 0 Å². The fourth-order valence-electron chi connectivity index (χ4n) is 3.15. The molecule has 1 N–H and O–H groups in total. The van der Waals surface area contributed by atoms with Crippen molar-refractivity contribution in [2.24, 2.45) is 5.92 Å². The summed E-state index contributed by atoms with van der Waals surface area (Å²) < 4.78 is 44.7. The van der Waals surface area contributed by atoms with E-state index >= 15 is 0 Å². The van der Waals surface area contributed by atoms with Gasteiger partial charge in [-0.15, -0.1) is 0 Å². The number of para-hydroxylation sites is 1. The largest absolute Gasteiger partial charge is 0.457 e. The first-order valence-corrected chi connectivity index (χ1v) is 8.16. The Morgan fingerprint density at radius 3 is 2.40 bits per heavy atom. The van der Waals surface area contributed by atoms with Crippen LogP contribution >= 0.6 is 0 Å². The quantitative estimate of drug-likeness (QED) is 0.878. The van der Waals surface area contributed by atoms with E-state index in [-0.39, 0.29) is 19.6 Å². The summed E-state index contributed by atoms with van der Waals surface area (Å²) in [5.41, 5.74) is 1.66. The van der Waals surface area contributed by atoms with Gasteiger partial charge in [-0.1, -0.05) is 18.2 Å². The zero-order chi connectivity index (χ0) is 18.0. The maximum atomic E-state index is 13.0. The third-order valence-corrected chi connectivity index (χ3v) is 4.58. The zero-order valence-electron chi connectivity index (χ0n) is 13.8. The lowest BCUT2D eigenvalue weighted by molar-refractivity contribution is -0.168. The van der Waals surface area contributed by atoms with Gasteiger partial charge in [-0.05, 0) is 49.2 Å². The van der Waals surface area contributed by atoms with Gasteiger partial charge in [0.15, 0.2) is 0 Å². The maximum absolute atomic E-state index is 13.0. The first kappa shape index (κ1) is 17.6. The van der Waals surface area contributed by atoms with Gasteiger partial charge in [-0.2, -0.15) is 13.2 Å². The molecule has 134 valence electrons. The van der Waals surface area contributed by atoms with Gasteiger partial charge in [0.2, 0.25) is 0 Å². The van der Waals surface area contributed by atoms with Crippen LogP contribution in [0.1, 0.15) is 12.0 Å². The second kappa shape index (κ2) is 6.96. The highest BCUT2D eigenvalue weighted by molar-refractivity contribution is 5.52. The van der Waals surface area contributed by atoms with Crippen LogP contribution in [0.2, 0.25) is 0 Å². The molecule has 0 aliphatic carbocycles. The Morgan fingerprint density at radius 2 is 1.80 bits per heavy atom. The minimum absolute atomic E-state index is 0.0819. The van der Waals surface area contributed by atoms with Gasteiger partial charge in [0, 0.05) is 12.2 Å². The molecule has 1 heterocycles. The number of anilines is 1. The molecule has 25 heavy (non-hydrogen) atoms. The average molecular weight is 351 g/mol. The molecule has 2 unspecified atom stereocenters. The summed E-state index contributed by atoms with van der Waals surface area (Å²) >= 11 is 0. The minimum atomic E-state index is -4.24. The Morgan fingerprint density at radius 1 is 1.12 bits per heavy atom. The van der Waals surface area contributed by atoms with E-state index in [1.807, 2.05) is 31.2 Å². The molecule has 0 bridgehead atoms. The molecule has 0 aromatic heterocycles. The summed E-state index contributed by atoms with van der Waals surface area (Å²) in [6.07, 6.45) is -4.32. The topological polar surface area (TPSA) is 32.7 Å². The summed E-state index contributed by atoms with van der Waals surface area (Å²) in [6.45, 7) is 1.51. The molecule has 0 amide bonds. The molecule has 2 aromatic carbocycles. The van der Waals surface area contributed by atoms with Gasteiger partial charge in [0.25, 0.3) is 0 Å². The number of hydrogen-bond acceptors (Lipinski definition) is 3. The third-order valence-electron chi connectivity index (χ3n) is 4.58. The number of benzene rings is 2. The van der Waals surface area contributed by atoms with E-state index in [9.17, 15) is 18.3 Å². The van der Waals surface area contributed by atoms with E-state index in [2.05, 4.69) is 0 Å². The normalized spacial score (nSPS) is 20.8. The molecule has 1 saturated heterocycles. The molecule has 1 aliphatic rings. The first-order chi connectivity index (χ1) is 11.9. The Labute approximate surface area is 144 Å². The van der Waals surface area contributed by atoms with Crippen molar-refractivity contribution in [3.8, 4) is 11.5 Å². The Kier molecular flexibility index (Phi) is 4.90. The predicted molar refractivity (Wildman–Crippen MR) is 90.1 cm³/mol. The molecule has 0 radical (unpaired) electrons. The SMILES string of the molecule is Cc1ccccc1Oc1ccc(N2CC(C(F)(F)F)CC2CO)cc1. The van der Waals surface area contributed by atoms with Gasteiger partial charge in [-0.3, -0.25) is 0 Å². The lowest BCUT2D eigenvalue weighted by Crippen LogP contribution is -2.32. The standard InChI is InChI=1S/C19H20F3NO2/c1-13-4-2-3-5-18(13)25-17-8-6-15(7-9-17)23-11-14(19(20,21)22)10-16(23)12-24/h2-9,14,16,24H,10-12H2,1H3. The molecule has 1 fully saturated rings. The molecule has 1 aliphatic heterocycles. The predicted octanol–water partition coefficient (Wildman–Crippen LogP) is 4.54.